The second-order valence-corrected chi connectivity index (χ2v) is 18.9. The van der Waals surface area contributed by atoms with E-state index in [0.29, 0.717) is 0 Å². The number of carbonyl (C=O) groups excluding carboxylic acids is 2. The number of rotatable bonds is 5. The fourth-order valence-corrected chi connectivity index (χ4v) is 7.93. The van der Waals surface area contributed by atoms with Crippen LogP contribution in [0, 0.1) is 11.8 Å². The number of amides is 1. The summed E-state index contributed by atoms with van der Waals surface area (Å²) in [4.78, 5) is 26.2. The van der Waals surface area contributed by atoms with E-state index in [1.54, 1.807) is 73.8 Å². The molecule has 0 aromatic carbocycles. The largest absolute Gasteiger partial charge is 0.462 e. The molecule has 68 heavy (non-hydrogen) atoms. The normalized spacial score (nSPS) is 42.0. The van der Waals surface area contributed by atoms with Crippen molar-refractivity contribution >= 4 is 11.9 Å². The second kappa shape index (κ2) is 29.0. The molecule has 0 spiro atoms. The minimum absolute atomic E-state index is 0.103. The van der Waals surface area contributed by atoms with Gasteiger partial charge in [-0.05, 0) is 40.0 Å². The molecule has 0 saturated carbocycles. The first kappa shape index (κ1) is 58.8. The highest BCUT2D eigenvalue weighted by atomic mass is 16.7. The van der Waals surface area contributed by atoms with Gasteiger partial charge in [0.2, 0.25) is 5.91 Å². The van der Waals surface area contributed by atoms with Crippen LogP contribution in [0.1, 0.15) is 85.5 Å². The molecule has 19 heteroatoms. The third kappa shape index (κ3) is 21.7. The number of carbonyl (C=O) groups is 2. The Hall–Kier alpha value is -3.48. The lowest BCUT2D eigenvalue weighted by Crippen LogP contribution is -2.60. The van der Waals surface area contributed by atoms with Crippen LogP contribution < -0.4 is 11.1 Å². The van der Waals surface area contributed by atoms with Crippen LogP contribution in [-0.4, -0.2) is 178 Å². The number of nitrogens with one attached hydrogen (secondary N) is 1. The number of nitrogens with two attached hydrogens (primary N) is 1. The number of cyclic esters (lactones) is 1. The predicted molar refractivity (Wildman–Crippen MR) is 250 cm³/mol. The molecule has 386 valence electrons. The number of ether oxygens (including phenoxy) is 4. The van der Waals surface area contributed by atoms with Crippen LogP contribution in [0.4, 0.5) is 0 Å². The lowest BCUT2D eigenvalue weighted by atomic mass is 9.82. The lowest BCUT2D eigenvalue weighted by Gasteiger charge is -2.45. The molecule has 3 aliphatic heterocycles. The smallest absolute Gasteiger partial charge is 0.308 e. The zero-order valence-corrected chi connectivity index (χ0v) is 39.5. The molecule has 2 saturated heterocycles. The average molecular weight is 967 g/mol. The standard InChI is InChI=1S/C49H78N2O17/c1-30-17-15-13-11-9-7-5-6-8-10-12-14-16-18-35(67-47-45(61)44(50)40(59)28-65-47)25-41-43(46(62)51-29-48(3,4)63)39(58)27-49(64,68-41)26-34(54)23-38(57)36(55)20-19-32(52)22-33(53)24-42(60)66-31(2)21-37(30)56/h5-18,30-41,43-45,47,52-59,61,63-64H,19-29,50H2,1-4H3,(H,51,62)/b6-5+,9-7+,10-8+,13-11+,14-12+,17-15+,18-16+/t30-,31-,32?,33?,34?,35?,36+,37-,38?,39-,40+,41-,43+,44-,45-,47-,49?/m0/s1. The molecule has 3 aliphatic rings. The molecule has 3 heterocycles. The third-order valence-corrected chi connectivity index (χ3v) is 11.8. The summed E-state index contributed by atoms with van der Waals surface area (Å²) in [5.74, 6) is -5.38. The van der Waals surface area contributed by atoms with E-state index in [4.69, 9.17) is 24.7 Å². The molecule has 14 N–H and O–H groups in total. The van der Waals surface area contributed by atoms with Crippen LogP contribution in [0.25, 0.3) is 0 Å². The molecule has 2 bridgehead atoms. The molecule has 19 nitrogen and oxygen atoms in total. The lowest BCUT2D eigenvalue weighted by molar-refractivity contribution is -0.304. The molecule has 0 aromatic rings. The third-order valence-electron chi connectivity index (χ3n) is 11.8. The van der Waals surface area contributed by atoms with Crippen molar-refractivity contribution in [3.63, 3.8) is 0 Å². The SMILES string of the molecule is C[C@H]1C[C@H](O)[C@@H](C)/C=C/C=C/C=C/C=C/C=C/C=C/C=C/C(O[C@@H]2OC[C@@H](O)[C@H](N)[C@@H]2O)C[C@@H]2OC(O)(CC(O)CC(O)[C@H](O)CCC(O)CC(O)CC(=O)O1)C[C@H](O)[C@H]2C(=O)NCC(C)(C)O. The van der Waals surface area contributed by atoms with Crippen molar-refractivity contribution in [1.29, 1.82) is 0 Å². The van der Waals surface area contributed by atoms with E-state index in [1.165, 1.54) is 13.8 Å². The molecule has 0 aliphatic carbocycles. The summed E-state index contributed by atoms with van der Waals surface area (Å²) < 4.78 is 23.2. The predicted octanol–water partition coefficient (Wildman–Crippen LogP) is -0.120. The Bertz CT molecular complexity index is 1730. The Morgan fingerprint density at radius 3 is 1.93 bits per heavy atom. The second-order valence-electron chi connectivity index (χ2n) is 18.9. The molecule has 6 unspecified atom stereocenters. The summed E-state index contributed by atoms with van der Waals surface area (Å²) in [6.07, 6.45) is 5.19. The fourth-order valence-electron chi connectivity index (χ4n) is 7.93. The maximum absolute atomic E-state index is 13.7. The van der Waals surface area contributed by atoms with Crippen molar-refractivity contribution in [3.8, 4) is 0 Å². The van der Waals surface area contributed by atoms with Crippen molar-refractivity contribution < 1.29 is 84.7 Å². The quantitative estimate of drug-likeness (QED) is 0.160. The van der Waals surface area contributed by atoms with E-state index in [0.717, 1.165) is 0 Å². The summed E-state index contributed by atoms with van der Waals surface area (Å²) in [5, 5.41) is 122. The van der Waals surface area contributed by atoms with Crippen LogP contribution >= 0.6 is 0 Å². The molecule has 2 fully saturated rings. The summed E-state index contributed by atoms with van der Waals surface area (Å²) in [6.45, 7) is 5.92. The number of fused-ring (bicyclic) bond motifs is 2. The van der Waals surface area contributed by atoms with Gasteiger partial charge in [-0.15, -0.1) is 0 Å². The molecular formula is C49H78N2O17. The Balaban J connectivity index is 1.91. The van der Waals surface area contributed by atoms with E-state index >= 15 is 0 Å². The van der Waals surface area contributed by atoms with Crippen LogP contribution in [0.15, 0.2) is 85.1 Å². The zero-order chi connectivity index (χ0) is 50.6. The minimum atomic E-state index is -2.30. The Morgan fingerprint density at radius 1 is 0.735 bits per heavy atom. The Kier molecular flexibility index (Phi) is 25.1. The van der Waals surface area contributed by atoms with Gasteiger partial charge in [0.1, 0.15) is 12.2 Å². The first-order chi connectivity index (χ1) is 32.0. The van der Waals surface area contributed by atoms with Crippen LogP contribution in [0.5, 0.6) is 0 Å². The Morgan fingerprint density at radius 2 is 1.32 bits per heavy atom. The van der Waals surface area contributed by atoms with Gasteiger partial charge in [0.05, 0.1) is 91.6 Å². The number of allylic oxidation sites excluding steroid dienone is 12. The van der Waals surface area contributed by atoms with E-state index in [9.17, 15) is 65.8 Å². The molecular weight excluding hydrogens is 889 g/mol. The van der Waals surface area contributed by atoms with Gasteiger partial charge in [-0.1, -0.05) is 92.0 Å². The number of aliphatic hydroxyl groups excluding tert-OH is 9. The van der Waals surface area contributed by atoms with E-state index in [-0.39, 0.29) is 51.2 Å². The molecule has 1 amide bonds. The number of aliphatic hydroxyl groups is 11. The highest BCUT2D eigenvalue weighted by Crippen LogP contribution is 2.38. The summed E-state index contributed by atoms with van der Waals surface area (Å²) in [6, 6.07) is -1.13. The molecule has 17 atom stereocenters. The van der Waals surface area contributed by atoms with Crippen molar-refractivity contribution in [2.75, 3.05) is 13.2 Å². The van der Waals surface area contributed by atoms with Gasteiger partial charge < -0.3 is 86.2 Å². The molecule has 0 radical (unpaired) electrons. The van der Waals surface area contributed by atoms with Gasteiger partial charge >= 0.3 is 5.97 Å². The highest BCUT2D eigenvalue weighted by Gasteiger charge is 2.50. The minimum Gasteiger partial charge on any atom is -0.462 e. The fraction of sp³-hybridized carbons (Fsp3) is 0.673. The monoisotopic (exact) mass is 967 g/mol. The van der Waals surface area contributed by atoms with Crippen LogP contribution in [-0.2, 0) is 28.5 Å². The van der Waals surface area contributed by atoms with Crippen LogP contribution in [0.3, 0.4) is 0 Å². The maximum Gasteiger partial charge on any atom is 0.308 e. The average Bonchev–Trinajstić information content (AvgIpc) is 3.23. The first-order valence-corrected chi connectivity index (χ1v) is 23.4. The van der Waals surface area contributed by atoms with E-state index in [2.05, 4.69) is 5.32 Å². The number of hydrogen-bond donors (Lipinski definition) is 13. The van der Waals surface area contributed by atoms with Gasteiger partial charge in [0.15, 0.2) is 12.1 Å². The summed E-state index contributed by atoms with van der Waals surface area (Å²) >= 11 is 0. The maximum atomic E-state index is 13.7. The molecule has 0 aromatic heterocycles. The topological polar surface area (TPSA) is 332 Å². The van der Waals surface area contributed by atoms with Crippen molar-refractivity contribution in [3.05, 3.63) is 85.1 Å². The van der Waals surface area contributed by atoms with E-state index in [1.807, 2.05) is 25.2 Å². The van der Waals surface area contributed by atoms with Gasteiger partial charge in [0, 0.05) is 44.6 Å². The number of esters is 1. The summed E-state index contributed by atoms with van der Waals surface area (Å²) in [5.41, 5.74) is 4.66. The van der Waals surface area contributed by atoms with Crippen molar-refractivity contribution in [1.82, 2.24) is 5.32 Å². The van der Waals surface area contributed by atoms with E-state index < -0.39 is 140 Å². The van der Waals surface area contributed by atoms with Crippen molar-refractivity contribution in [2.45, 2.75) is 182 Å². The molecule has 3 rings (SSSR count). The highest BCUT2D eigenvalue weighted by molar-refractivity contribution is 5.80. The zero-order valence-electron chi connectivity index (χ0n) is 39.5. The summed E-state index contributed by atoms with van der Waals surface area (Å²) in [7, 11) is 0. The van der Waals surface area contributed by atoms with Gasteiger partial charge in [0.25, 0.3) is 0 Å². The Labute approximate surface area is 399 Å². The first-order valence-electron chi connectivity index (χ1n) is 23.4. The van der Waals surface area contributed by atoms with Gasteiger partial charge in [-0.2, -0.15) is 0 Å². The van der Waals surface area contributed by atoms with Crippen LogP contribution in [0.2, 0.25) is 0 Å². The number of hydrogen-bond acceptors (Lipinski definition) is 18. The van der Waals surface area contributed by atoms with Gasteiger partial charge in [-0.25, -0.2) is 0 Å². The van der Waals surface area contributed by atoms with Gasteiger partial charge in [-0.3, -0.25) is 9.59 Å². The van der Waals surface area contributed by atoms with Crippen molar-refractivity contribution in [2.24, 2.45) is 17.6 Å².